The molecule has 0 spiro atoms. The molecule has 0 radical (unpaired) electrons. The van der Waals surface area contributed by atoms with Gasteiger partial charge < -0.3 is 9.79 Å². The van der Waals surface area contributed by atoms with E-state index in [0.29, 0.717) is 0 Å². The van der Waals surface area contributed by atoms with E-state index in [1.807, 2.05) is 0 Å². The van der Waals surface area contributed by atoms with Gasteiger partial charge in [0.15, 0.2) is 0 Å². The molecule has 0 saturated carbocycles. The molecule has 9 heteroatoms. The molecule has 0 rings (SSSR count). The number of phosphoric acid groups is 1. The number of phosphoric ester groups is 1. The molecule has 2 N–H and O–H groups in total. The first-order chi connectivity index (χ1) is 5.71. The predicted molar refractivity (Wildman–Crippen MR) is 43.9 cm³/mol. The second-order valence-corrected chi connectivity index (χ2v) is 4.24. The van der Waals surface area contributed by atoms with Gasteiger partial charge in [0, 0.05) is 11.3 Å². The summed E-state index contributed by atoms with van der Waals surface area (Å²) in [4.78, 5) is 24.0. The van der Waals surface area contributed by atoms with Crippen molar-refractivity contribution in [3.63, 3.8) is 0 Å². The maximum absolute atomic E-state index is 10.3. The highest BCUT2D eigenvalue weighted by Gasteiger charge is 2.41. The number of nitrogens with zero attached hydrogens (tertiary/aromatic N) is 1. The molecule has 0 heterocycles. The third kappa shape index (κ3) is 4.54. The topological polar surface area (TPSA) is 110 Å². The summed E-state index contributed by atoms with van der Waals surface area (Å²) >= 11 is 5.40. The third-order valence-electron chi connectivity index (χ3n) is 1.32. The molecule has 0 aromatic rings. The van der Waals surface area contributed by atoms with Gasteiger partial charge in [-0.3, -0.25) is 14.6 Å². The lowest BCUT2D eigenvalue weighted by Gasteiger charge is -2.16. The van der Waals surface area contributed by atoms with E-state index in [9.17, 15) is 14.7 Å². The standard InChI is InChI=1S/C4H9ClNO6P/c1-2-4(5,6(7)8)3-12-13(9,10)11/h2-3H2,1H3,(H2,9,10,11). The average Bonchev–Trinajstić information content (AvgIpc) is 1.98. The molecule has 0 aliphatic rings. The van der Waals surface area contributed by atoms with Crippen LogP contribution in [0.4, 0.5) is 0 Å². The van der Waals surface area contributed by atoms with Crippen LogP contribution in [0.1, 0.15) is 13.3 Å². The second-order valence-electron chi connectivity index (χ2n) is 2.29. The first-order valence-corrected chi connectivity index (χ1v) is 5.15. The summed E-state index contributed by atoms with van der Waals surface area (Å²) in [5, 5.41) is 10.3. The van der Waals surface area contributed by atoms with Crippen LogP contribution in [0.3, 0.4) is 0 Å². The zero-order chi connectivity index (χ0) is 10.7. The molecular formula is C4H9ClNO6P. The maximum atomic E-state index is 10.3. The van der Waals surface area contributed by atoms with E-state index in [0.717, 1.165) is 0 Å². The van der Waals surface area contributed by atoms with Gasteiger partial charge in [0.1, 0.15) is 6.61 Å². The van der Waals surface area contributed by atoms with Crippen molar-refractivity contribution in [1.82, 2.24) is 0 Å². The Labute approximate surface area is 79.0 Å². The van der Waals surface area contributed by atoms with Crippen LogP contribution in [0.25, 0.3) is 0 Å². The minimum absolute atomic E-state index is 0.0957. The number of halogens is 1. The van der Waals surface area contributed by atoms with Crippen LogP contribution >= 0.6 is 19.4 Å². The number of hydrogen-bond donors (Lipinski definition) is 2. The SMILES string of the molecule is CCC(Cl)(COP(=O)(O)O)[N+](=O)[O-]. The van der Waals surface area contributed by atoms with Crippen molar-refractivity contribution in [2.45, 2.75) is 18.3 Å². The van der Waals surface area contributed by atoms with Crippen molar-refractivity contribution < 1.29 is 23.8 Å². The van der Waals surface area contributed by atoms with Crippen molar-refractivity contribution in [2.24, 2.45) is 0 Å². The molecule has 0 amide bonds. The second kappa shape index (κ2) is 4.34. The molecule has 0 aromatic heterocycles. The van der Waals surface area contributed by atoms with Crippen molar-refractivity contribution >= 4 is 19.4 Å². The van der Waals surface area contributed by atoms with E-state index in [-0.39, 0.29) is 6.42 Å². The van der Waals surface area contributed by atoms with Crippen molar-refractivity contribution in [3.05, 3.63) is 10.1 Å². The van der Waals surface area contributed by atoms with Crippen LogP contribution in [0.15, 0.2) is 0 Å². The molecule has 0 fully saturated rings. The van der Waals surface area contributed by atoms with E-state index in [4.69, 9.17) is 21.4 Å². The van der Waals surface area contributed by atoms with Gasteiger partial charge in [-0.2, -0.15) is 0 Å². The summed E-state index contributed by atoms with van der Waals surface area (Å²) < 4.78 is 14.1. The Morgan fingerprint density at radius 1 is 1.69 bits per heavy atom. The third-order valence-corrected chi connectivity index (χ3v) is 2.30. The zero-order valence-corrected chi connectivity index (χ0v) is 8.36. The predicted octanol–water partition coefficient (Wildman–Crippen LogP) is 0.717. The van der Waals surface area contributed by atoms with Crippen LogP contribution in [0, 0.1) is 10.1 Å². The van der Waals surface area contributed by atoms with Gasteiger partial charge in [0.05, 0.1) is 0 Å². The van der Waals surface area contributed by atoms with Gasteiger partial charge in [-0.15, -0.1) is 0 Å². The van der Waals surface area contributed by atoms with Gasteiger partial charge in [-0.25, -0.2) is 4.57 Å². The first-order valence-electron chi connectivity index (χ1n) is 3.25. The highest BCUT2D eigenvalue weighted by Crippen LogP contribution is 2.38. The van der Waals surface area contributed by atoms with Crippen molar-refractivity contribution in [2.75, 3.05) is 6.61 Å². The Bertz CT molecular complexity index is 241. The number of alkyl halides is 1. The summed E-state index contributed by atoms with van der Waals surface area (Å²) in [5.41, 5.74) is 0. The van der Waals surface area contributed by atoms with Crippen LogP contribution in [0.2, 0.25) is 0 Å². The van der Waals surface area contributed by atoms with Gasteiger partial charge in [0.25, 0.3) is 0 Å². The smallest absolute Gasteiger partial charge is 0.303 e. The van der Waals surface area contributed by atoms with E-state index in [1.54, 1.807) is 0 Å². The highest BCUT2D eigenvalue weighted by molar-refractivity contribution is 7.46. The molecule has 7 nitrogen and oxygen atoms in total. The van der Waals surface area contributed by atoms with Crippen LogP contribution in [-0.2, 0) is 9.09 Å². The largest absolute Gasteiger partial charge is 0.469 e. The normalized spacial score (nSPS) is 16.6. The molecule has 0 aromatic carbocycles. The van der Waals surface area contributed by atoms with Crippen molar-refractivity contribution in [3.8, 4) is 0 Å². The summed E-state index contributed by atoms with van der Waals surface area (Å²) in [5.74, 6) is 0. The quantitative estimate of drug-likeness (QED) is 0.238. The van der Waals surface area contributed by atoms with Gasteiger partial charge in [-0.1, -0.05) is 6.92 Å². The van der Waals surface area contributed by atoms with Crippen LogP contribution in [0.5, 0.6) is 0 Å². The Hall–Kier alpha value is -0.200. The lowest BCUT2D eigenvalue weighted by atomic mass is 10.2. The number of nitro groups is 1. The molecule has 78 valence electrons. The van der Waals surface area contributed by atoms with E-state index in [1.165, 1.54) is 6.92 Å². The van der Waals surface area contributed by atoms with Gasteiger partial charge in [-0.05, 0) is 11.6 Å². The molecular weight excluding hydrogens is 224 g/mol. The van der Waals surface area contributed by atoms with Crippen molar-refractivity contribution in [1.29, 1.82) is 0 Å². The Morgan fingerprint density at radius 2 is 2.15 bits per heavy atom. The molecule has 0 saturated heterocycles. The lowest BCUT2D eigenvalue weighted by Crippen LogP contribution is -2.35. The molecule has 13 heavy (non-hydrogen) atoms. The average molecular weight is 234 g/mol. The van der Waals surface area contributed by atoms with E-state index in [2.05, 4.69) is 4.52 Å². The van der Waals surface area contributed by atoms with Crippen LogP contribution in [-0.4, -0.2) is 26.3 Å². The van der Waals surface area contributed by atoms with E-state index >= 15 is 0 Å². The summed E-state index contributed by atoms with van der Waals surface area (Å²) in [6.45, 7) is 0.584. The monoisotopic (exact) mass is 233 g/mol. The number of hydrogen-bond acceptors (Lipinski definition) is 4. The maximum Gasteiger partial charge on any atom is 0.469 e. The lowest BCUT2D eigenvalue weighted by molar-refractivity contribution is -0.545. The molecule has 1 unspecified atom stereocenters. The Kier molecular flexibility index (Phi) is 4.28. The molecule has 0 aliphatic heterocycles. The summed E-state index contributed by atoms with van der Waals surface area (Å²) in [6.07, 6.45) is -0.0957. The fraction of sp³-hybridized carbons (Fsp3) is 1.00. The molecule has 0 bridgehead atoms. The zero-order valence-electron chi connectivity index (χ0n) is 6.71. The molecule has 1 atom stereocenters. The van der Waals surface area contributed by atoms with Crippen LogP contribution < -0.4 is 0 Å². The fourth-order valence-corrected chi connectivity index (χ4v) is 0.979. The Balaban J connectivity index is 4.31. The number of rotatable bonds is 5. The summed E-state index contributed by atoms with van der Waals surface area (Å²) in [7, 11) is -4.70. The highest BCUT2D eigenvalue weighted by atomic mass is 35.5. The van der Waals surface area contributed by atoms with Gasteiger partial charge >= 0.3 is 12.8 Å². The Morgan fingerprint density at radius 3 is 2.38 bits per heavy atom. The molecule has 0 aliphatic carbocycles. The minimum Gasteiger partial charge on any atom is -0.303 e. The first kappa shape index (κ1) is 12.8. The minimum atomic E-state index is -4.70. The fourth-order valence-electron chi connectivity index (χ4n) is 0.467. The van der Waals surface area contributed by atoms with Gasteiger partial charge in [0.2, 0.25) is 0 Å². The summed E-state index contributed by atoms with van der Waals surface area (Å²) in [6, 6.07) is 0. The van der Waals surface area contributed by atoms with E-state index < -0.39 is 24.4 Å².